The lowest BCUT2D eigenvalue weighted by atomic mass is 9.89. The Kier molecular flexibility index (Phi) is 12.9. The van der Waals surface area contributed by atoms with Crippen molar-refractivity contribution in [3.05, 3.63) is 144 Å². The minimum absolute atomic E-state index is 0.0257. The van der Waals surface area contributed by atoms with Gasteiger partial charge in [0.25, 0.3) is 0 Å². The Morgan fingerprint density at radius 2 is 1.57 bits per heavy atom. The number of sulfonamides is 1. The second-order valence-corrected chi connectivity index (χ2v) is 16.0. The van der Waals surface area contributed by atoms with Crippen LogP contribution in [0.3, 0.4) is 0 Å². The van der Waals surface area contributed by atoms with Gasteiger partial charge in [0.2, 0.25) is 15.9 Å². The van der Waals surface area contributed by atoms with Gasteiger partial charge in [0, 0.05) is 36.3 Å². The maximum absolute atomic E-state index is 13.7. The zero-order chi connectivity index (χ0) is 37.4. The largest absolute Gasteiger partial charge is 0.392 e. The van der Waals surface area contributed by atoms with Crippen LogP contribution in [0.2, 0.25) is 0 Å². The van der Waals surface area contributed by atoms with Crippen molar-refractivity contribution in [2.75, 3.05) is 18.4 Å². The van der Waals surface area contributed by atoms with Crippen LogP contribution in [-0.4, -0.2) is 55.6 Å². The van der Waals surface area contributed by atoms with E-state index in [1.54, 1.807) is 24.3 Å². The van der Waals surface area contributed by atoms with Gasteiger partial charge < -0.3 is 19.9 Å². The van der Waals surface area contributed by atoms with E-state index < -0.39 is 28.3 Å². The number of rotatable bonds is 15. The fourth-order valence-corrected chi connectivity index (χ4v) is 8.53. The zero-order valence-corrected chi connectivity index (χ0v) is 31.4. The van der Waals surface area contributed by atoms with Crippen molar-refractivity contribution in [1.29, 1.82) is 0 Å². The van der Waals surface area contributed by atoms with Crippen molar-refractivity contribution < 1.29 is 27.8 Å². The minimum atomic E-state index is -3.98. The molecule has 1 saturated heterocycles. The molecule has 0 spiro atoms. The first kappa shape index (κ1) is 38.6. The molecule has 1 saturated carbocycles. The van der Waals surface area contributed by atoms with Crippen LogP contribution in [0.1, 0.15) is 72.8 Å². The van der Waals surface area contributed by atoms with Gasteiger partial charge in [0.1, 0.15) is 6.04 Å². The van der Waals surface area contributed by atoms with Crippen LogP contribution in [0.15, 0.2) is 121 Å². The Labute approximate surface area is 314 Å². The van der Waals surface area contributed by atoms with Crippen LogP contribution in [0.4, 0.5) is 5.69 Å². The van der Waals surface area contributed by atoms with Crippen molar-refractivity contribution in [2.24, 2.45) is 5.92 Å². The lowest BCUT2D eigenvalue weighted by molar-refractivity contribution is -0.276. The fourth-order valence-electron chi connectivity index (χ4n) is 7.33. The maximum atomic E-state index is 13.7. The van der Waals surface area contributed by atoms with Crippen LogP contribution in [0, 0.1) is 12.8 Å². The molecule has 10 heteroatoms. The number of nitrogens with zero attached hydrogens (tertiary/aromatic N) is 1. The number of carbonyl (C=O) groups excluding carboxylic acids is 1. The number of ether oxygens (including phenoxy) is 2. The summed E-state index contributed by atoms with van der Waals surface area (Å²) in [7, 11) is -3.98. The molecule has 5 unspecified atom stereocenters. The number of aliphatic hydroxyl groups is 1. The first-order valence-corrected chi connectivity index (χ1v) is 20.0. The molecule has 4 aromatic rings. The Bertz CT molecular complexity index is 1900. The van der Waals surface area contributed by atoms with E-state index in [0.29, 0.717) is 11.7 Å². The average molecular weight is 738 g/mol. The Hall–Kier alpha value is -4.16. The smallest absolute Gasteiger partial charge is 0.242 e. The highest BCUT2D eigenvalue weighted by atomic mass is 32.2. The summed E-state index contributed by atoms with van der Waals surface area (Å²) in [6.45, 7) is 9.60. The lowest BCUT2D eigenvalue weighted by Crippen LogP contribution is -2.47. The first-order chi connectivity index (χ1) is 25.6. The van der Waals surface area contributed by atoms with Gasteiger partial charge in [-0.1, -0.05) is 110 Å². The van der Waals surface area contributed by atoms with Gasteiger partial charge in [-0.2, -0.15) is 4.72 Å². The number of aliphatic hydroxyl groups excluding tert-OH is 1. The molecular weight excluding hydrogens is 687 g/mol. The van der Waals surface area contributed by atoms with Gasteiger partial charge in [-0.25, -0.2) is 8.42 Å². The zero-order valence-electron chi connectivity index (χ0n) is 30.6. The van der Waals surface area contributed by atoms with Crippen LogP contribution in [0.5, 0.6) is 0 Å². The van der Waals surface area contributed by atoms with Crippen LogP contribution >= 0.6 is 0 Å². The fraction of sp³-hybridized carbons (Fsp3) is 0.372. The van der Waals surface area contributed by atoms with E-state index in [2.05, 4.69) is 28.4 Å². The number of nitrogens with one attached hydrogen (secondary N) is 2. The van der Waals surface area contributed by atoms with E-state index in [0.717, 1.165) is 40.9 Å². The third-order valence-corrected chi connectivity index (χ3v) is 11.9. The van der Waals surface area contributed by atoms with Gasteiger partial charge in [-0.3, -0.25) is 9.69 Å². The summed E-state index contributed by atoms with van der Waals surface area (Å²) in [5, 5.41) is 12.6. The SMILES string of the molecule is C=CCN(CC1OC(c2ccc(NC(=O)C(Cc3ccccc3)NS(=O)(=O)c3ccc(C)cc3)cc2)OC(c2ccc(CO)cc2)C1C)C1CCCC1. The second-order valence-electron chi connectivity index (χ2n) is 14.3. The van der Waals surface area contributed by atoms with Gasteiger partial charge >= 0.3 is 0 Å². The van der Waals surface area contributed by atoms with Crippen LogP contribution in [-0.2, 0) is 37.3 Å². The van der Waals surface area contributed by atoms with Crippen molar-refractivity contribution in [3.63, 3.8) is 0 Å². The summed E-state index contributed by atoms with van der Waals surface area (Å²) < 4.78 is 42.8. The molecule has 1 aliphatic heterocycles. The third-order valence-electron chi connectivity index (χ3n) is 10.4. The van der Waals surface area contributed by atoms with Crippen molar-refractivity contribution in [1.82, 2.24) is 9.62 Å². The monoisotopic (exact) mass is 737 g/mol. The lowest BCUT2D eigenvalue weighted by Gasteiger charge is -2.43. The third kappa shape index (κ3) is 9.89. The molecular formula is C43H51N3O6S. The summed E-state index contributed by atoms with van der Waals surface area (Å²) in [6, 6.07) is 30.5. The molecule has 1 amide bonds. The van der Waals surface area contributed by atoms with Crippen LogP contribution in [0.25, 0.3) is 0 Å². The van der Waals surface area contributed by atoms with Gasteiger partial charge in [0.15, 0.2) is 6.29 Å². The van der Waals surface area contributed by atoms with Crippen molar-refractivity contribution >= 4 is 21.6 Å². The summed E-state index contributed by atoms with van der Waals surface area (Å²) >= 11 is 0. The molecule has 2 aliphatic rings. The minimum Gasteiger partial charge on any atom is -0.392 e. The summed E-state index contributed by atoms with van der Waals surface area (Å²) in [4.78, 5) is 16.3. The number of carbonyl (C=O) groups is 1. The summed E-state index contributed by atoms with van der Waals surface area (Å²) in [5.41, 5.74) is 4.93. The quantitative estimate of drug-likeness (QED) is 0.110. The Morgan fingerprint density at radius 3 is 2.21 bits per heavy atom. The molecule has 6 rings (SSSR count). The van der Waals surface area contributed by atoms with Crippen LogP contribution < -0.4 is 10.0 Å². The number of aryl methyl sites for hydroxylation is 1. The molecule has 1 heterocycles. The van der Waals surface area contributed by atoms with E-state index in [9.17, 15) is 18.3 Å². The Balaban J connectivity index is 1.21. The average Bonchev–Trinajstić information content (AvgIpc) is 3.71. The number of amides is 1. The highest BCUT2D eigenvalue weighted by molar-refractivity contribution is 7.89. The molecule has 5 atom stereocenters. The van der Waals surface area contributed by atoms with Crippen molar-refractivity contribution in [2.45, 2.75) is 88.0 Å². The highest BCUT2D eigenvalue weighted by Gasteiger charge is 2.40. The molecule has 53 heavy (non-hydrogen) atoms. The normalized spacial score (nSPS) is 21.4. The number of benzene rings is 4. The van der Waals surface area contributed by atoms with E-state index in [-0.39, 0.29) is 36.0 Å². The standard InChI is InChI=1S/C43H51N3O6S/c1-4-26-46(37-12-8-9-13-37)28-40-31(3)41(34-18-16-33(29-47)17-19-34)52-43(51-40)35-20-22-36(23-21-35)44-42(48)39(27-32-10-6-5-7-11-32)45-53(49,50)38-24-14-30(2)15-25-38/h4-7,10-11,14-25,31,37,39-41,43,45,47H,1,8-9,12-13,26-29H2,2-3H3,(H,44,48). The van der Waals surface area contributed by atoms with Gasteiger partial charge in [0.05, 0.1) is 23.7 Å². The molecule has 2 fully saturated rings. The van der Waals surface area contributed by atoms with Crippen molar-refractivity contribution in [3.8, 4) is 0 Å². The van der Waals surface area contributed by atoms with Gasteiger partial charge in [-0.05, 0) is 67.1 Å². The topological polar surface area (TPSA) is 117 Å². The second kappa shape index (κ2) is 17.8. The maximum Gasteiger partial charge on any atom is 0.242 e. The first-order valence-electron chi connectivity index (χ1n) is 18.5. The predicted octanol–water partition coefficient (Wildman–Crippen LogP) is 7.24. The van der Waals surface area contributed by atoms with Gasteiger partial charge in [-0.15, -0.1) is 6.58 Å². The Morgan fingerprint density at radius 1 is 0.906 bits per heavy atom. The molecule has 0 radical (unpaired) electrons. The molecule has 0 bridgehead atoms. The number of hydrogen-bond acceptors (Lipinski definition) is 7. The molecule has 4 aromatic carbocycles. The van der Waals surface area contributed by atoms with E-state index in [1.807, 2.05) is 79.7 Å². The number of anilines is 1. The predicted molar refractivity (Wildman–Crippen MR) is 208 cm³/mol. The summed E-state index contributed by atoms with van der Waals surface area (Å²) in [6.07, 6.45) is 5.92. The molecule has 3 N–H and O–H groups in total. The van der Waals surface area contributed by atoms with E-state index >= 15 is 0 Å². The molecule has 280 valence electrons. The highest BCUT2D eigenvalue weighted by Crippen LogP contribution is 2.42. The number of hydrogen-bond donors (Lipinski definition) is 3. The molecule has 0 aromatic heterocycles. The molecule has 1 aliphatic carbocycles. The summed E-state index contributed by atoms with van der Waals surface area (Å²) in [5.74, 6) is -0.430. The van der Waals surface area contributed by atoms with E-state index in [4.69, 9.17) is 9.47 Å². The van der Waals surface area contributed by atoms with E-state index in [1.165, 1.54) is 37.8 Å². The molecule has 9 nitrogen and oxygen atoms in total.